The number of carbonyl (C=O) groups is 1. The first-order valence-electron chi connectivity index (χ1n) is 6.52. The molecule has 1 unspecified atom stereocenters. The number of hydrogen-bond acceptors (Lipinski definition) is 2. The number of aliphatic carboxylic acids is 1. The quantitative estimate of drug-likeness (QED) is 0.803. The topological polar surface area (TPSA) is 46.5 Å². The lowest BCUT2D eigenvalue weighted by Gasteiger charge is -2.10. The second kappa shape index (κ2) is 6.23. The van der Waals surface area contributed by atoms with Gasteiger partial charge in [-0.3, -0.25) is 4.79 Å². The molecule has 2 aromatic carbocycles. The molecule has 3 heteroatoms. The van der Waals surface area contributed by atoms with Crippen LogP contribution in [0.5, 0.6) is 5.75 Å². The van der Waals surface area contributed by atoms with Crippen LogP contribution in [0.4, 0.5) is 0 Å². The molecule has 0 aromatic heterocycles. The fraction of sp³-hybridized carbons (Fsp3) is 0.312. The molecule has 1 N–H and O–H groups in total. The highest BCUT2D eigenvalue weighted by Gasteiger charge is 2.10. The molecule has 3 nitrogen and oxygen atoms in total. The van der Waals surface area contributed by atoms with Crippen molar-refractivity contribution >= 4 is 16.7 Å². The van der Waals surface area contributed by atoms with E-state index in [2.05, 4.69) is 12.1 Å². The van der Waals surface area contributed by atoms with Gasteiger partial charge in [-0.1, -0.05) is 43.3 Å². The lowest BCUT2D eigenvalue weighted by Crippen LogP contribution is -2.10. The van der Waals surface area contributed by atoms with Gasteiger partial charge in [-0.25, -0.2) is 0 Å². The smallest absolute Gasteiger partial charge is 0.306 e. The molecule has 0 heterocycles. The van der Waals surface area contributed by atoms with Crippen LogP contribution in [-0.4, -0.2) is 17.7 Å². The molecular weight excluding hydrogens is 240 g/mol. The van der Waals surface area contributed by atoms with E-state index in [4.69, 9.17) is 9.84 Å². The Morgan fingerprint density at radius 2 is 1.95 bits per heavy atom. The lowest BCUT2D eigenvalue weighted by molar-refractivity contribution is -0.141. The molecular formula is C16H18O3. The summed E-state index contributed by atoms with van der Waals surface area (Å²) in [6.07, 6.45) is 1.39. The number of benzene rings is 2. The molecule has 0 fully saturated rings. The van der Waals surface area contributed by atoms with Crippen molar-refractivity contribution in [2.45, 2.75) is 19.8 Å². The highest BCUT2D eigenvalue weighted by Crippen LogP contribution is 2.25. The number of fused-ring (bicyclic) bond motifs is 1. The zero-order valence-electron chi connectivity index (χ0n) is 11.0. The van der Waals surface area contributed by atoms with E-state index in [1.165, 1.54) is 0 Å². The van der Waals surface area contributed by atoms with Crippen molar-refractivity contribution in [2.24, 2.45) is 5.92 Å². The minimum atomic E-state index is -0.745. The van der Waals surface area contributed by atoms with Gasteiger partial charge < -0.3 is 9.84 Å². The first-order valence-corrected chi connectivity index (χ1v) is 6.52. The summed E-state index contributed by atoms with van der Waals surface area (Å²) in [5.74, 6) is -0.192. The molecule has 0 aliphatic rings. The van der Waals surface area contributed by atoms with Crippen molar-refractivity contribution in [1.82, 2.24) is 0 Å². The molecule has 0 saturated heterocycles. The van der Waals surface area contributed by atoms with E-state index in [1.807, 2.05) is 30.3 Å². The van der Waals surface area contributed by atoms with E-state index < -0.39 is 5.97 Å². The largest absolute Gasteiger partial charge is 0.493 e. The van der Waals surface area contributed by atoms with Crippen LogP contribution in [-0.2, 0) is 4.79 Å². The molecule has 0 saturated carbocycles. The molecule has 0 spiro atoms. The summed E-state index contributed by atoms with van der Waals surface area (Å²) < 4.78 is 5.76. The fourth-order valence-electron chi connectivity index (χ4n) is 2.02. The Bertz CT molecular complexity index is 557. The number of hydrogen-bond donors (Lipinski definition) is 1. The number of ether oxygens (including phenoxy) is 1. The number of carboxylic acids is 1. The SMILES string of the molecule is CC(CCCOc1cccc2ccccc12)C(=O)O. The highest BCUT2D eigenvalue weighted by atomic mass is 16.5. The second-order valence-electron chi connectivity index (χ2n) is 4.71. The molecule has 2 aromatic rings. The summed E-state index contributed by atoms with van der Waals surface area (Å²) in [5, 5.41) is 11.0. The van der Waals surface area contributed by atoms with Crippen LogP contribution < -0.4 is 4.74 Å². The Morgan fingerprint density at radius 3 is 2.74 bits per heavy atom. The third-order valence-corrected chi connectivity index (χ3v) is 3.21. The summed E-state index contributed by atoms with van der Waals surface area (Å²) in [7, 11) is 0. The van der Waals surface area contributed by atoms with Crippen molar-refractivity contribution in [1.29, 1.82) is 0 Å². The standard InChI is InChI=1S/C16H18O3/c1-12(16(17)18)6-5-11-19-15-10-4-8-13-7-2-3-9-14(13)15/h2-4,7-10,12H,5-6,11H2,1H3,(H,17,18). The van der Waals surface area contributed by atoms with Crippen molar-refractivity contribution in [3.05, 3.63) is 42.5 Å². The maximum Gasteiger partial charge on any atom is 0.306 e. The van der Waals surface area contributed by atoms with Crippen LogP contribution in [0.25, 0.3) is 10.8 Å². The van der Waals surface area contributed by atoms with Gasteiger partial charge in [-0.05, 0) is 24.3 Å². The Balaban J connectivity index is 1.93. The third kappa shape index (κ3) is 3.47. The Labute approximate surface area is 112 Å². The number of rotatable bonds is 6. The molecule has 0 bridgehead atoms. The van der Waals surface area contributed by atoms with Gasteiger partial charge >= 0.3 is 5.97 Å². The van der Waals surface area contributed by atoms with E-state index in [-0.39, 0.29) is 5.92 Å². The minimum Gasteiger partial charge on any atom is -0.493 e. The lowest BCUT2D eigenvalue weighted by atomic mass is 10.1. The maximum absolute atomic E-state index is 10.7. The molecule has 0 aliphatic carbocycles. The Hall–Kier alpha value is -2.03. The van der Waals surface area contributed by atoms with E-state index >= 15 is 0 Å². The van der Waals surface area contributed by atoms with Crippen LogP contribution in [0.2, 0.25) is 0 Å². The zero-order valence-corrected chi connectivity index (χ0v) is 11.0. The van der Waals surface area contributed by atoms with Crippen LogP contribution in [0.15, 0.2) is 42.5 Å². The van der Waals surface area contributed by atoms with Gasteiger partial charge in [-0.15, -0.1) is 0 Å². The van der Waals surface area contributed by atoms with E-state index in [0.717, 1.165) is 22.9 Å². The van der Waals surface area contributed by atoms with Gasteiger partial charge in [0.05, 0.1) is 12.5 Å². The van der Waals surface area contributed by atoms with Gasteiger partial charge in [-0.2, -0.15) is 0 Å². The Morgan fingerprint density at radius 1 is 1.21 bits per heavy atom. The normalized spacial score (nSPS) is 12.3. The third-order valence-electron chi connectivity index (χ3n) is 3.21. The fourth-order valence-corrected chi connectivity index (χ4v) is 2.02. The molecule has 1 atom stereocenters. The van der Waals surface area contributed by atoms with E-state index in [9.17, 15) is 4.79 Å². The zero-order chi connectivity index (χ0) is 13.7. The van der Waals surface area contributed by atoms with Crippen molar-refractivity contribution in [3.63, 3.8) is 0 Å². The van der Waals surface area contributed by atoms with Crippen LogP contribution in [0, 0.1) is 5.92 Å². The maximum atomic E-state index is 10.7. The molecule has 19 heavy (non-hydrogen) atoms. The first-order chi connectivity index (χ1) is 9.18. The van der Waals surface area contributed by atoms with E-state index in [0.29, 0.717) is 13.0 Å². The Kier molecular flexibility index (Phi) is 4.39. The first kappa shape index (κ1) is 13.4. The van der Waals surface area contributed by atoms with Gasteiger partial charge in [0, 0.05) is 5.39 Å². The second-order valence-corrected chi connectivity index (χ2v) is 4.71. The molecule has 0 aliphatic heterocycles. The summed E-state index contributed by atoms with van der Waals surface area (Å²) in [4.78, 5) is 10.7. The van der Waals surface area contributed by atoms with Gasteiger partial charge in [0.2, 0.25) is 0 Å². The monoisotopic (exact) mass is 258 g/mol. The van der Waals surface area contributed by atoms with Gasteiger partial charge in [0.1, 0.15) is 5.75 Å². The predicted molar refractivity (Wildman–Crippen MR) is 75.5 cm³/mol. The summed E-state index contributed by atoms with van der Waals surface area (Å²) in [6.45, 7) is 2.27. The summed E-state index contributed by atoms with van der Waals surface area (Å²) >= 11 is 0. The molecule has 0 radical (unpaired) electrons. The van der Waals surface area contributed by atoms with Crippen molar-refractivity contribution in [2.75, 3.05) is 6.61 Å². The van der Waals surface area contributed by atoms with Gasteiger partial charge in [0.25, 0.3) is 0 Å². The number of carboxylic acid groups (broad SMARTS) is 1. The minimum absolute atomic E-state index is 0.309. The highest BCUT2D eigenvalue weighted by molar-refractivity contribution is 5.88. The van der Waals surface area contributed by atoms with Crippen molar-refractivity contribution in [3.8, 4) is 5.75 Å². The summed E-state index contributed by atoms with van der Waals surface area (Å²) in [5.41, 5.74) is 0. The van der Waals surface area contributed by atoms with Crippen LogP contribution in [0.3, 0.4) is 0 Å². The van der Waals surface area contributed by atoms with Crippen LogP contribution >= 0.6 is 0 Å². The molecule has 100 valence electrons. The van der Waals surface area contributed by atoms with Crippen LogP contribution in [0.1, 0.15) is 19.8 Å². The molecule has 0 amide bonds. The van der Waals surface area contributed by atoms with E-state index in [1.54, 1.807) is 6.92 Å². The average Bonchev–Trinajstić information content (AvgIpc) is 2.43. The van der Waals surface area contributed by atoms with Gasteiger partial charge in [0.15, 0.2) is 0 Å². The molecule has 2 rings (SSSR count). The summed E-state index contributed by atoms with van der Waals surface area (Å²) in [6, 6.07) is 14.0. The van der Waals surface area contributed by atoms with Crippen molar-refractivity contribution < 1.29 is 14.6 Å². The average molecular weight is 258 g/mol. The predicted octanol–water partition coefficient (Wildman–Crippen LogP) is 3.72.